The van der Waals surface area contributed by atoms with Crippen LogP contribution in [0, 0.1) is 6.92 Å². The molecular weight excluding hydrogens is 412 g/mol. The number of nitrogens with zero attached hydrogens (tertiary/aromatic N) is 4. The molecule has 0 fully saturated rings. The summed E-state index contributed by atoms with van der Waals surface area (Å²) in [5, 5.41) is 2.31. The van der Waals surface area contributed by atoms with Gasteiger partial charge in [0.05, 0.1) is 17.9 Å². The van der Waals surface area contributed by atoms with Crippen LogP contribution in [0.2, 0.25) is 0 Å². The molecule has 3 heterocycles. The van der Waals surface area contributed by atoms with Crippen molar-refractivity contribution >= 4 is 34.0 Å². The summed E-state index contributed by atoms with van der Waals surface area (Å²) < 4.78 is 6.14. The lowest BCUT2D eigenvalue weighted by Crippen LogP contribution is -2.25. The molecule has 0 radical (unpaired) electrons. The van der Waals surface area contributed by atoms with E-state index in [0.29, 0.717) is 31.0 Å². The van der Waals surface area contributed by atoms with E-state index in [1.807, 2.05) is 48.4 Å². The van der Waals surface area contributed by atoms with E-state index in [4.69, 9.17) is 4.74 Å². The first kappa shape index (κ1) is 20.9. The fourth-order valence-electron chi connectivity index (χ4n) is 4.40. The third kappa shape index (κ3) is 3.67. The second-order valence-electron chi connectivity index (χ2n) is 8.19. The van der Waals surface area contributed by atoms with Crippen LogP contribution >= 0.6 is 0 Å². The Kier molecular flexibility index (Phi) is 5.42. The van der Waals surface area contributed by atoms with Gasteiger partial charge in [-0.05, 0) is 54.6 Å². The molecule has 0 atom stereocenters. The molecule has 0 spiro atoms. The number of rotatable bonds is 5. The van der Waals surface area contributed by atoms with Gasteiger partial charge in [0.15, 0.2) is 5.82 Å². The quantitative estimate of drug-likeness (QED) is 0.423. The maximum atomic E-state index is 13.3. The second-order valence-corrected chi connectivity index (χ2v) is 8.19. The Balaban J connectivity index is 1.41. The number of hydrogen-bond acceptors (Lipinski definition) is 5. The van der Waals surface area contributed by atoms with Gasteiger partial charge in [-0.1, -0.05) is 30.3 Å². The Bertz CT molecular complexity index is 1350. The Morgan fingerprint density at radius 1 is 0.970 bits per heavy atom. The Morgan fingerprint density at radius 3 is 2.64 bits per heavy atom. The molecule has 0 saturated heterocycles. The zero-order chi connectivity index (χ0) is 22.9. The van der Waals surface area contributed by atoms with Gasteiger partial charge in [0.1, 0.15) is 11.6 Å². The summed E-state index contributed by atoms with van der Waals surface area (Å²) in [6.45, 7) is 5.30. The molecule has 1 aliphatic heterocycles. The molecule has 0 aliphatic carbocycles. The fraction of sp³-hybridized carbons (Fsp3) is 0.222. The molecule has 0 saturated carbocycles. The molecule has 2 aromatic carbocycles. The Morgan fingerprint density at radius 2 is 1.79 bits per heavy atom. The topological polar surface area (TPSA) is 58.6 Å². The van der Waals surface area contributed by atoms with Crippen LogP contribution in [0.4, 0.5) is 17.3 Å². The monoisotopic (exact) mass is 438 g/mol. The van der Waals surface area contributed by atoms with Crippen molar-refractivity contribution in [1.82, 2.24) is 9.97 Å². The van der Waals surface area contributed by atoms with Gasteiger partial charge in [0.25, 0.3) is 5.91 Å². The van der Waals surface area contributed by atoms with Crippen molar-refractivity contribution in [3.05, 3.63) is 83.7 Å². The van der Waals surface area contributed by atoms with Crippen molar-refractivity contribution in [3.63, 3.8) is 0 Å². The van der Waals surface area contributed by atoms with Gasteiger partial charge in [0, 0.05) is 37.8 Å². The number of fused-ring (bicyclic) bond motifs is 3. The second kappa shape index (κ2) is 8.54. The largest absolute Gasteiger partial charge is 0.493 e. The molecule has 33 heavy (non-hydrogen) atoms. The number of benzene rings is 2. The van der Waals surface area contributed by atoms with Crippen LogP contribution in [-0.4, -0.2) is 36.1 Å². The van der Waals surface area contributed by atoms with Crippen molar-refractivity contribution in [2.24, 2.45) is 0 Å². The van der Waals surface area contributed by atoms with Crippen LogP contribution in [0.15, 0.2) is 67.0 Å². The highest BCUT2D eigenvalue weighted by atomic mass is 16.5. The summed E-state index contributed by atoms with van der Waals surface area (Å²) in [4.78, 5) is 26.1. The van der Waals surface area contributed by atoms with Gasteiger partial charge in [-0.3, -0.25) is 4.79 Å². The predicted molar refractivity (Wildman–Crippen MR) is 132 cm³/mol. The van der Waals surface area contributed by atoms with Crippen LogP contribution in [0.25, 0.3) is 10.8 Å². The first-order chi connectivity index (χ1) is 16.1. The summed E-state index contributed by atoms with van der Waals surface area (Å²) in [5.41, 5.74) is 3.54. The van der Waals surface area contributed by atoms with E-state index >= 15 is 0 Å². The average Bonchev–Trinajstić information content (AvgIpc) is 2.93. The molecule has 0 unspecified atom stereocenters. The third-order valence-corrected chi connectivity index (χ3v) is 6.16. The van der Waals surface area contributed by atoms with E-state index in [0.717, 1.165) is 28.2 Å². The third-order valence-electron chi connectivity index (χ3n) is 6.16. The maximum Gasteiger partial charge on any atom is 0.261 e. The van der Waals surface area contributed by atoms with E-state index in [1.54, 1.807) is 18.1 Å². The number of pyridine rings is 2. The molecule has 4 aromatic rings. The minimum absolute atomic E-state index is 0.0880. The molecular formula is C27H26N4O2. The number of hydrogen-bond donors (Lipinski definition) is 0. The lowest BCUT2D eigenvalue weighted by molar-refractivity contribution is 0.0994. The summed E-state index contributed by atoms with van der Waals surface area (Å²) >= 11 is 0. The van der Waals surface area contributed by atoms with E-state index < -0.39 is 0 Å². The lowest BCUT2D eigenvalue weighted by Gasteiger charge is -2.22. The van der Waals surface area contributed by atoms with Gasteiger partial charge in [-0.15, -0.1) is 0 Å². The molecule has 1 amide bonds. The van der Waals surface area contributed by atoms with Crippen LogP contribution < -0.4 is 14.5 Å². The molecule has 0 bridgehead atoms. The maximum absolute atomic E-state index is 13.3. The number of aromatic nitrogens is 2. The summed E-state index contributed by atoms with van der Waals surface area (Å²) in [5.74, 6) is 2.16. The van der Waals surface area contributed by atoms with Gasteiger partial charge < -0.3 is 14.5 Å². The zero-order valence-corrected chi connectivity index (χ0v) is 19.1. The SMILES string of the molecule is CCN1c2ncc(CCOc3cccc4c(C)cccc34)cc2C(=O)N(C)c2cccnc21. The van der Waals surface area contributed by atoms with E-state index in [1.165, 1.54) is 10.9 Å². The van der Waals surface area contributed by atoms with E-state index in [9.17, 15) is 4.79 Å². The number of carbonyl (C=O) groups is 1. The Labute approximate surface area is 193 Å². The van der Waals surface area contributed by atoms with Crippen LogP contribution in [-0.2, 0) is 6.42 Å². The number of ether oxygens (including phenoxy) is 1. The van der Waals surface area contributed by atoms with Gasteiger partial charge in [0.2, 0.25) is 0 Å². The highest BCUT2D eigenvalue weighted by molar-refractivity contribution is 6.12. The smallest absolute Gasteiger partial charge is 0.261 e. The summed E-state index contributed by atoms with van der Waals surface area (Å²) in [7, 11) is 1.78. The lowest BCUT2D eigenvalue weighted by atomic mass is 10.1. The van der Waals surface area contributed by atoms with Crippen LogP contribution in [0.3, 0.4) is 0 Å². The first-order valence-electron chi connectivity index (χ1n) is 11.2. The number of amides is 1. The molecule has 0 N–H and O–H groups in total. The fourth-order valence-corrected chi connectivity index (χ4v) is 4.40. The minimum Gasteiger partial charge on any atom is -0.493 e. The standard InChI is InChI=1S/C27H26N4O2/c1-4-31-25-22(27(32)30(3)23-11-7-14-28-26(23)31)16-19(17-29-25)13-15-33-24-12-6-9-20-18(2)8-5-10-21(20)24/h5-12,14,16-17H,4,13,15H2,1-3H3. The van der Waals surface area contributed by atoms with Crippen LogP contribution in [0.1, 0.15) is 28.4 Å². The highest BCUT2D eigenvalue weighted by Crippen LogP contribution is 2.37. The number of anilines is 3. The van der Waals surface area contributed by atoms with Crippen molar-refractivity contribution in [3.8, 4) is 5.75 Å². The van der Waals surface area contributed by atoms with E-state index in [-0.39, 0.29) is 5.91 Å². The number of aryl methyl sites for hydroxylation is 1. The van der Waals surface area contributed by atoms with Gasteiger partial charge in [-0.2, -0.15) is 0 Å². The molecule has 5 rings (SSSR count). The zero-order valence-electron chi connectivity index (χ0n) is 19.1. The van der Waals surface area contributed by atoms with Crippen LogP contribution in [0.5, 0.6) is 5.75 Å². The van der Waals surface area contributed by atoms with Crippen molar-refractivity contribution in [2.75, 3.05) is 30.0 Å². The summed E-state index contributed by atoms with van der Waals surface area (Å²) in [6.07, 6.45) is 4.22. The normalized spacial score (nSPS) is 13.0. The van der Waals surface area contributed by atoms with E-state index in [2.05, 4.69) is 41.2 Å². The Hall–Kier alpha value is -3.93. The average molecular weight is 439 g/mol. The first-order valence-corrected chi connectivity index (χ1v) is 11.2. The number of carbonyl (C=O) groups excluding carboxylic acids is 1. The molecule has 1 aliphatic rings. The minimum atomic E-state index is -0.0880. The molecule has 6 nitrogen and oxygen atoms in total. The molecule has 6 heteroatoms. The summed E-state index contributed by atoms with van der Waals surface area (Å²) in [6, 6.07) is 18.1. The molecule has 2 aromatic heterocycles. The predicted octanol–water partition coefficient (Wildman–Crippen LogP) is 5.31. The van der Waals surface area contributed by atoms with Crippen molar-refractivity contribution in [2.45, 2.75) is 20.3 Å². The highest BCUT2D eigenvalue weighted by Gasteiger charge is 2.30. The van der Waals surface area contributed by atoms with Crippen molar-refractivity contribution in [1.29, 1.82) is 0 Å². The van der Waals surface area contributed by atoms with Crippen molar-refractivity contribution < 1.29 is 9.53 Å². The van der Waals surface area contributed by atoms with Gasteiger partial charge >= 0.3 is 0 Å². The van der Waals surface area contributed by atoms with Gasteiger partial charge in [-0.25, -0.2) is 9.97 Å². The molecule has 166 valence electrons.